The van der Waals surface area contributed by atoms with E-state index >= 15 is 0 Å². The van der Waals surface area contributed by atoms with Crippen LogP contribution in [0.15, 0.2) is 23.3 Å². The zero-order chi connectivity index (χ0) is 16.9. The predicted molar refractivity (Wildman–Crippen MR) is 97.8 cm³/mol. The molecule has 0 amide bonds. The van der Waals surface area contributed by atoms with Crippen molar-refractivity contribution < 1.29 is 9.47 Å². The lowest BCUT2D eigenvalue weighted by molar-refractivity contribution is 0.284. The molecule has 0 atom stereocenters. The minimum Gasteiger partial charge on any atom is -0.493 e. The number of hydrazone groups is 1. The summed E-state index contributed by atoms with van der Waals surface area (Å²) in [5.74, 6) is 1.57. The van der Waals surface area contributed by atoms with Gasteiger partial charge in [-0.1, -0.05) is 45.4 Å². The standard InChI is InChI=1S/C19H32N2O2/c1-5-6-7-8-9-10-11-14-23-18-13-12-17(15-19(18)22-4)16-20-21(2)3/h12-13,15-16H,5-11,14H2,1-4H3/b20-16+. The minimum atomic E-state index is 0.745. The highest BCUT2D eigenvalue weighted by Gasteiger charge is 2.05. The van der Waals surface area contributed by atoms with E-state index in [1.165, 1.54) is 38.5 Å². The molecule has 4 heteroatoms. The molecule has 0 unspecified atom stereocenters. The van der Waals surface area contributed by atoms with E-state index in [9.17, 15) is 0 Å². The Bertz CT molecular complexity index is 459. The minimum absolute atomic E-state index is 0.745. The van der Waals surface area contributed by atoms with Crippen LogP contribution < -0.4 is 9.47 Å². The summed E-state index contributed by atoms with van der Waals surface area (Å²) < 4.78 is 11.3. The fourth-order valence-corrected chi connectivity index (χ4v) is 2.31. The van der Waals surface area contributed by atoms with Gasteiger partial charge in [0.1, 0.15) is 0 Å². The van der Waals surface area contributed by atoms with Gasteiger partial charge in [-0.25, -0.2) is 0 Å². The second-order valence-corrected chi connectivity index (χ2v) is 5.97. The van der Waals surface area contributed by atoms with E-state index in [0.717, 1.165) is 30.1 Å². The lowest BCUT2D eigenvalue weighted by Crippen LogP contribution is -2.02. The highest BCUT2D eigenvalue weighted by molar-refractivity contribution is 5.80. The van der Waals surface area contributed by atoms with Crippen molar-refractivity contribution in [1.82, 2.24) is 5.01 Å². The third-order valence-corrected chi connectivity index (χ3v) is 3.63. The first-order valence-electron chi connectivity index (χ1n) is 8.69. The van der Waals surface area contributed by atoms with Crippen LogP contribution in [0.5, 0.6) is 11.5 Å². The summed E-state index contributed by atoms with van der Waals surface area (Å²) in [5, 5.41) is 5.99. The third-order valence-electron chi connectivity index (χ3n) is 3.63. The van der Waals surface area contributed by atoms with Crippen molar-refractivity contribution in [3.63, 3.8) is 0 Å². The van der Waals surface area contributed by atoms with E-state index in [1.54, 1.807) is 12.1 Å². The molecule has 0 aliphatic carbocycles. The number of benzene rings is 1. The molecule has 1 rings (SSSR count). The quantitative estimate of drug-likeness (QED) is 0.317. The molecular formula is C19H32N2O2. The molecule has 0 bridgehead atoms. The number of hydrogen-bond donors (Lipinski definition) is 0. The number of ether oxygens (including phenoxy) is 2. The van der Waals surface area contributed by atoms with Gasteiger partial charge in [0.05, 0.1) is 19.9 Å². The number of rotatable bonds is 12. The van der Waals surface area contributed by atoms with Crippen LogP contribution in [0.2, 0.25) is 0 Å². The average Bonchev–Trinajstić information content (AvgIpc) is 2.55. The predicted octanol–water partition coefficient (Wildman–Crippen LogP) is 4.72. The fourth-order valence-electron chi connectivity index (χ4n) is 2.31. The Morgan fingerprint density at radius 3 is 2.35 bits per heavy atom. The summed E-state index contributed by atoms with van der Waals surface area (Å²) in [7, 11) is 5.46. The molecule has 0 saturated heterocycles. The van der Waals surface area contributed by atoms with Crippen molar-refractivity contribution in [2.75, 3.05) is 27.8 Å². The van der Waals surface area contributed by atoms with Crippen molar-refractivity contribution in [2.24, 2.45) is 5.10 Å². The van der Waals surface area contributed by atoms with Gasteiger partial charge in [-0.15, -0.1) is 0 Å². The van der Waals surface area contributed by atoms with Gasteiger partial charge in [0, 0.05) is 14.1 Å². The van der Waals surface area contributed by atoms with E-state index in [1.807, 2.05) is 38.5 Å². The Morgan fingerprint density at radius 2 is 1.70 bits per heavy atom. The highest BCUT2D eigenvalue weighted by Crippen LogP contribution is 2.27. The van der Waals surface area contributed by atoms with Gasteiger partial charge in [0.25, 0.3) is 0 Å². The lowest BCUT2D eigenvalue weighted by atomic mass is 10.1. The molecule has 1 aromatic rings. The Kier molecular flexibility index (Phi) is 9.92. The number of hydrogen-bond acceptors (Lipinski definition) is 4. The second-order valence-electron chi connectivity index (χ2n) is 5.97. The maximum absolute atomic E-state index is 5.86. The second kappa shape index (κ2) is 11.8. The maximum atomic E-state index is 5.86. The fraction of sp³-hybridized carbons (Fsp3) is 0.632. The van der Waals surface area contributed by atoms with Crippen LogP contribution in [-0.2, 0) is 0 Å². The summed E-state index contributed by atoms with van der Waals surface area (Å²) in [6.45, 7) is 2.99. The summed E-state index contributed by atoms with van der Waals surface area (Å²) in [5.41, 5.74) is 0.999. The van der Waals surface area contributed by atoms with Crippen molar-refractivity contribution in [2.45, 2.75) is 51.9 Å². The molecule has 0 aromatic heterocycles. The van der Waals surface area contributed by atoms with Crippen LogP contribution >= 0.6 is 0 Å². The smallest absolute Gasteiger partial charge is 0.161 e. The molecule has 4 nitrogen and oxygen atoms in total. The van der Waals surface area contributed by atoms with Crippen LogP contribution in [0.25, 0.3) is 0 Å². The van der Waals surface area contributed by atoms with Gasteiger partial charge >= 0.3 is 0 Å². The van der Waals surface area contributed by atoms with E-state index in [4.69, 9.17) is 9.47 Å². The molecule has 0 fully saturated rings. The SMILES string of the molecule is CCCCCCCCCOc1ccc(/C=N/N(C)C)cc1OC. The lowest BCUT2D eigenvalue weighted by Gasteiger charge is -2.11. The summed E-state index contributed by atoms with van der Waals surface area (Å²) in [6.07, 6.45) is 10.8. The van der Waals surface area contributed by atoms with Gasteiger partial charge in [0.2, 0.25) is 0 Å². The monoisotopic (exact) mass is 320 g/mol. The Morgan fingerprint density at radius 1 is 1.00 bits per heavy atom. The van der Waals surface area contributed by atoms with Crippen molar-refractivity contribution in [3.8, 4) is 11.5 Å². The molecule has 0 heterocycles. The maximum Gasteiger partial charge on any atom is 0.161 e. The first kappa shape index (κ1) is 19.3. The zero-order valence-corrected chi connectivity index (χ0v) is 15.2. The van der Waals surface area contributed by atoms with Crippen LogP contribution in [-0.4, -0.2) is 39.0 Å². The van der Waals surface area contributed by atoms with Crippen LogP contribution in [0.1, 0.15) is 57.4 Å². The molecule has 130 valence electrons. The summed E-state index contributed by atoms with van der Waals surface area (Å²) >= 11 is 0. The highest BCUT2D eigenvalue weighted by atomic mass is 16.5. The van der Waals surface area contributed by atoms with Gasteiger partial charge < -0.3 is 14.5 Å². The van der Waals surface area contributed by atoms with E-state index in [0.29, 0.717) is 0 Å². The molecule has 0 saturated carbocycles. The van der Waals surface area contributed by atoms with Gasteiger partial charge in [0.15, 0.2) is 11.5 Å². The number of nitrogens with zero attached hydrogens (tertiary/aromatic N) is 2. The average molecular weight is 320 g/mol. The number of unbranched alkanes of at least 4 members (excludes halogenated alkanes) is 6. The van der Waals surface area contributed by atoms with Gasteiger partial charge in [-0.2, -0.15) is 5.10 Å². The molecule has 0 N–H and O–H groups in total. The molecule has 1 aromatic carbocycles. The third kappa shape index (κ3) is 8.48. The molecule has 0 radical (unpaired) electrons. The molecular weight excluding hydrogens is 288 g/mol. The molecule has 0 spiro atoms. The zero-order valence-electron chi connectivity index (χ0n) is 15.2. The van der Waals surface area contributed by atoms with Crippen LogP contribution in [0, 0.1) is 0 Å². The summed E-state index contributed by atoms with van der Waals surface area (Å²) in [4.78, 5) is 0. The van der Waals surface area contributed by atoms with Gasteiger partial charge in [-0.05, 0) is 30.2 Å². The van der Waals surface area contributed by atoms with Crippen LogP contribution in [0.3, 0.4) is 0 Å². The molecule has 0 aliphatic rings. The van der Waals surface area contributed by atoms with E-state index in [2.05, 4.69) is 12.0 Å². The van der Waals surface area contributed by atoms with E-state index < -0.39 is 0 Å². The van der Waals surface area contributed by atoms with E-state index in [-0.39, 0.29) is 0 Å². The Balaban J connectivity index is 2.36. The van der Waals surface area contributed by atoms with Gasteiger partial charge in [-0.3, -0.25) is 0 Å². The topological polar surface area (TPSA) is 34.1 Å². The first-order valence-corrected chi connectivity index (χ1v) is 8.69. The largest absolute Gasteiger partial charge is 0.493 e. The van der Waals surface area contributed by atoms with Crippen LogP contribution in [0.4, 0.5) is 0 Å². The molecule has 0 aliphatic heterocycles. The Hall–Kier alpha value is -1.71. The number of methoxy groups -OCH3 is 1. The molecule has 23 heavy (non-hydrogen) atoms. The van der Waals surface area contributed by atoms with Crippen molar-refractivity contribution >= 4 is 6.21 Å². The first-order chi connectivity index (χ1) is 11.2. The van der Waals surface area contributed by atoms with Crippen molar-refractivity contribution in [3.05, 3.63) is 23.8 Å². The Labute approximate surface area is 141 Å². The normalized spacial score (nSPS) is 11.0. The van der Waals surface area contributed by atoms with Crippen molar-refractivity contribution in [1.29, 1.82) is 0 Å². The summed E-state index contributed by atoms with van der Waals surface area (Å²) in [6, 6.07) is 5.90.